The van der Waals surface area contributed by atoms with Gasteiger partial charge in [-0.1, -0.05) is 66.6 Å². The lowest BCUT2D eigenvalue weighted by molar-refractivity contribution is 0.102. The van der Waals surface area contributed by atoms with Crippen LogP contribution in [0.2, 0.25) is 0 Å². The summed E-state index contributed by atoms with van der Waals surface area (Å²) in [6.07, 6.45) is 1.95. The van der Waals surface area contributed by atoms with Crippen LogP contribution in [-0.2, 0) is 0 Å². The molecule has 4 rings (SSSR count). The molecule has 0 unspecified atom stereocenters. The molecule has 4 aromatic rings. The Kier molecular flexibility index (Phi) is 5.99. The van der Waals surface area contributed by atoms with E-state index in [2.05, 4.69) is 27.4 Å². The van der Waals surface area contributed by atoms with Crippen molar-refractivity contribution in [2.45, 2.75) is 26.7 Å². The fourth-order valence-corrected chi connectivity index (χ4v) is 3.76. The Bertz CT molecular complexity index is 1260. The van der Waals surface area contributed by atoms with Crippen molar-refractivity contribution in [3.05, 3.63) is 71.3 Å². The summed E-state index contributed by atoms with van der Waals surface area (Å²) in [5.41, 5.74) is 3.54. The fraction of sp³-hybridized carbons (Fsp3) is 0.217. The first-order valence-electron chi connectivity index (χ1n) is 9.89. The number of benzene rings is 2. The molecule has 2 heterocycles. The van der Waals surface area contributed by atoms with Gasteiger partial charge in [0.05, 0.1) is 0 Å². The van der Waals surface area contributed by atoms with Crippen molar-refractivity contribution in [1.29, 1.82) is 0 Å². The predicted molar refractivity (Wildman–Crippen MR) is 120 cm³/mol. The molecule has 0 aliphatic rings. The van der Waals surface area contributed by atoms with Gasteiger partial charge in [0.25, 0.3) is 5.91 Å². The van der Waals surface area contributed by atoms with Crippen LogP contribution in [0, 0.1) is 6.92 Å². The van der Waals surface area contributed by atoms with Gasteiger partial charge in [-0.15, -0.1) is 10.2 Å². The number of amides is 1. The number of aryl methyl sites for hydroxylation is 1. The molecule has 1 amide bonds. The summed E-state index contributed by atoms with van der Waals surface area (Å²) < 4.78 is 5.93. The second-order valence-electron chi connectivity index (χ2n) is 6.97. The Labute approximate surface area is 178 Å². The lowest BCUT2D eigenvalue weighted by atomic mass is 10.1. The zero-order valence-corrected chi connectivity index (χ0v) is 17.7. The SMILES string of the molecule is CCCCN=c1oc2ccccc2cc1C(=O)Nc1nnc(-c2cccc(C)c2)s1. The molecule has 0 fully saturated rings. The number of rotatable bonds is 6. The molecule has 2 aromatic carbocycles. The lowest BCUT2D eigenvalue weighted by Gasteiger charge is -2.04. The molecule has 7 heteroatoms. The van der Waals surface area contributed by atoms with E-state index in [4.69, 9.17) is 4.42 Å². The molecule has 0 saturated carbocycles. The van der Waals surface area contributed by atoms with E-state index in [1.807, 2.05) is 55.5 Å². The first-order valence-corrected chi connectivity index (χ1v) is 10.7. The Morgan fingerprint density at radius 1 is 1.13 bits per heavy atom. The molecule has 2 aromatic heterocycles. The Morgan fingerprint density at radius 2 is 2.00 bits per heavy atom. The van der Waals surface area contributed by atoms with Crippen LogP contribution in [0.15, 0.2) is 64.0 Å². The third-order valence-electron chi connectivity index (χ3n) is 4.58. The van der Waals surface area contributed by atoms with E-state index in [9.17, 15) is 4.79 Å². The highest BCUT2D eigenvalue weighted by atomic mass is 32.1. The van der Waals surface area contributed by atoms with Crippen LogP contribution in [0.5, 0.6) is 0 Å². The minimum atomic E-state index is -0.313. The van der Waals surface area contributed by atoms with Crippen molar-refractivity contribution < 1.29 is 9.21 Å². The maximum absolute atomic E-state index is 13.0. The molecular weight excluding hydrogens is 396 g/mol. The monoisotopic (exact) mass is 418 g/mol. The number of fused-ring (bicyclic) bond motifs is 1. The molecule has 0 radical (unpaired) electrons. The second kappa shape index (κ2) is 9.00. The maximum atomic E-state index is 13.0. The van der Waals surface area contributed by atoms with Crippen molar-refractivity contribution in [1.82, 2.24) is 10.2 Å². The second-order valence-corrected chi connectivity index (χ2v) is 7.95. The zero-order chi connectivity index (χ0) is 20.9. The van der Waals surface area contributed by atoms with Gasteiger partial charge < -0.3 is 4.42 Å². The number of anilines is 1. The van der Waals surface area contributed by atoms with E-state index in [-0.39, 0.29) is 5.91 Å². The molecule has 0 aliphatic heterocycles. The number of para-hydroxylation sites is 1. The fourth-order valence-electron chi connectivity index (χ4n) is 3.02. The Balaban J connectivity index is 1.64. The van der Waals surface area contributed by atoms with Crippen LogP contribution in [0.4, 0.5) is 5.13 Å². The van der Waals surface area contributed by atoms with E-state index >= 15 is 0 Å². The third kappa shape index (κ3) is 4.46. The van der Waals surface area contributed by atoms with Crippen LogP contribution < -0.4 is 10.9 Å². The number of aromatic nitrogens is 2. The smallest absolute Gasteiger partial charge is 0.263 e. The number of nitrogens with one attached hydrogen (secondary N) is 1. The number of carbonyl (C=O) groups is 1. The van der Waals surface area contributed by atoms with E-state index in [1.165, 1.54) is 11.3 Å². The minimum Gasteiger partial charge on any atom is -0.438 e. The average Bonchev–Trinajstić information content (AvgIpc) is 3.22. The molecule has 6 nitrogen and oxygen atoms in total. The summed E-state index contributed by atoms with van der Waals surface area (Å²) in [7, 11) is 0. The summed E-state index contributed by atoms with van der Waals surface area (Å²) in [5.74, 6) is -0.313. The van der Waals surface area contributed by atoms with Crippen molar-refractivity contribution >= 4 is 33.3 Å². The molecule has 0 saturated heterocycles. The molecule has 1 N–H and O–H groups in total. The van der Waals surface area contributed by atoms with Crippen LogP contribution in [0.1, 0.15) is 35.7 Å². The van der Waals surface area contributed by atoms with E-state index in [0.29, 0.717) is 28.4 Å². The van der Waals surface area contributed by atoms with Gasteiger partial charge in [0, 0.05) is 17.5 Å². The summed E-state index contributed by atoms with van der Waals surface area (Å²) in [4.78, 5) is 17.5. The van der Waals surface area contributed by atoms with Crippen LogP contribution >= 0.6 is 11.3 Å². The highest BCUT2D eigenvalue weighted by molar-refractivity contribution is 7.18. The average molecular weight is 419 g/mol. The highest BCUT2D eigenvalue weighted by Gasteiger charge is 2.15. The van der Waals surface area contributed by atoms with Crippen molar-refractivity contribution in [3.63, 3.8) is 0 Å². The van der Waals surface area contributed by atoms with Gasteiger partial charge in [-0.2, -0.15) is 0 Å². The molecular formula is C23H22N4O2S. The summed E-state index contributed by atoms with van der Waals surface area (Å²) in [5, 5.41) is 13.2. The van der Waals surface area contributed by atoms with Crippen LogP contribution in [0.3, 0.4) is 0 Å². The van der Waals surface area contributed by atoms with Gasteiger partial charge in [0.15, 0.2) is 0 Å². The van der Waals surface area contributed by atoms with E-state index < -0.39 is 0 Å². The summed E-state index contributed by atoms with van der Waals surface area (Å²) in [6.45, 7) is 4.73. The molecule has 152 valence electrons. The van der Waals surface area contributed by atoms with Gasteiger partial charge >= 0.3 is 0 Å². The summed E-state index contributed by atoms with van der Waals surface area (Å²) >= 11 is 1.33. The minimum absolute atomic E-state index is 0.313. The molecule has 30 heavy (non-hydrogen) atoms. The van der Waals surface area contributed by atoms with Gasteiger partial charge in [-0.25, -0.2) is 0 Å². The van der Waals surface area contributed by atoms with Crippen molar-refractivity contribution in [3.8, 4) is 10.6 Å². The van der Waals surface area contributed by atoms with Crippen molar-refractivity contribution in [2.75, 3.05) is 11.9 Å². The lowest BCUT2D eigenvalue weighted by Crippen LogP contribution is -2.22. The predicted octanol–water partition coefficient (Wildman–Crippen LogP) is 5.21. The quantitative estimate of drug-likeness (QED) is 0.436. The third-order valence-corrected chi connectivity index (χ3v) is 5.47. The van der Waals surface area contributed by atoms with Crippen molar-refractivity contribution in [2.24, 2.45) is 4.99 Å². The number of nitrogens with zero attached hydrogens (tertiary/aromatic N) is 3. The van der Waals surface area contributed by atoms with E-state index in [0.717, 1.165) is 34.4 Å². The summed E-state index contributed by atoms with van der Waals surface area (Å²) in [6, 6.07) is 17.4. The standard InChI is InChI=1S/C23H22N4O2S/c1-3-4-12-24-21-18(14-16-9-5-6-11-19(16)29-21)20(28)25-23-27-26-22(30-23)17-10-7-8-15(2)13-17/h5-11,13-14H,3-4,12H2,1-2H3,(H,25,27,28). The van der Waals surface area contributed by atoms with Crippen LogP contribution in [-0.4, -0.2) is 22.6 Å². The number of hydrogen-bond donors (Lipinski definition) is 1. The van der Waals surface area contributed by atoms with Crippen LogP contribution in [0.25, 0.3) is 21.5 Å². The van der Waals surface area contributed by atoms with E-state index in [1.54, 1.807) is 6.07 Å². The van der Waals surface area contributed by atoms with Gasteiger partial charge in [-0.3, -0.25) is 15.1 Å². The topological polar surface area (TPSA) is 80.4 Å². The Hall–Kier alpha value is -3.32. The number of unbranched alkanes of at least 4 members (excludes halogenated alkanes) is 1. The first-order chi connectivity index (χ1) is 14.6. The number of carbonyl (C=O) groups excluding carboxylic acids is 1. The first kappa shape index (κ1) is 20.0. The molecule has 0 aliphatic carbocycles. The highest BCUT2D eigenvalue weighted by Crippen LogP contribution is 2.27. The van der Waals surface area contributed by atoms with Gasteiger partial charge in [0.2, 0.25) is 10.7 Å². The molecule has 0 atom stereocenters. The molecule has 0 bridgehead atoms. The Morgan fingerprint density at radius 3 is 2.83 bits per heavy atom. The zero-order valence-electron chi connectivity index (χ0n) is 16.9. The van der Waals surface area contributed by atoms with Gasteiger partial charge in [-0.05, 0) is 31.5 Å². The molecule has 0 spiro atoms. The normalized spacial score (nSPS) is 11.7. The number of hydrogen-bond acceptors (Lipinski definition) is 6. The largest absolute Gasteiger partial charge is 0.438 e. The maximum Gasteiger partial charge on any atom is 0.263 e. The van der Waals surface area contributed by atoms with Gasteiger partial charge in [0.1, 0.15) is 16.2 Å².